The molecule has 132 valence electrons. The third-order valence-electron chi connectivity index (χ3n) is 5.03. The molecular weight excluding hydrogens is 290 g/mol. The summed E-state index contributed by atoms with van der Waals surface area (Å²) in [7, 11) is 1.86. The second kappa shape index (κ2) is 7.99. The van der Waals surface area contributed by atoms with Crippen LogP contribution in [0, 0.1) is 11.3 Å². The molecule has 1 amide bonds. The SMILES string of the molecule is CN=C(NCCCN1CCCC(C(N)=O)C1)N1CCC(C)(C)C1. The number of rotatable bonds is 5. The van der Waals surface area contributed by atoms with Gasteiger partial charge in [-0.2, -0.15) is 0 Å². The lowest BCUT2D eigenvalue weighted by atomic mass is 9.93. The molecule has 0 aromatic rings. The van der Waals surface area contributed by atoms with E-state index in [9.17, 15) is 4.79 Å². The predicted molar refractivity (Wildman–Crippen MR) is 94.3 cm³/mol. The van der Waals surface area contributed by atoms with Gasteiger partial charge in [-0.05, 0) is 44.2 Å². The van der Waals surface area contributed by atoms with Gasteiger partial charge < -0.3 is 20.9 Å². The van der Waals surface area contributed by atoms with Crippen molar-refractivity contribution in [2.24, 2.45) is 22.1 Å². The van der Waals surface area contributed by atoms with Crippen LogP contribution in [0.3, 0.4) is 0 Å². The second-order valence-corrected chi connectivity index (χ2v) is 7.71. The van der Waals surface area contributed by atoms with E-state index in [4.69, 9.17) is 5.73 Å². The molecule has 2 heterocycles. The molecule has 2 aliphatic rings. The molecule has 0 radical (unpaired) electrons. The highest BCUT2D eigenvalue weighted by Gasteiger charge is 2.30. The smallest absolute Gasteiger partial charge is 0.221 e. The molecule has 6 nitrogen and oxygen atoms in total. The molecule has 0 aliphatic carbocycles. The maximum Gasteiger partial charge on any atom is 0.221 e. The Morgan fingerprint density at radius 2 is 2.17 bits per heavy atom. The molecule has 6 heteroatoms. The van der Waals surface area contributed by atoms with Gasteiger partial charge >= 0.3 is 0 Å². The van der Waals surface area contributed by atoms with Crippen LogP contribution in [0.1, 0.15) is 39.5 Å². The van der Waals surface area contributed by atoms with Gasteiger partial charge in [0.2, 0.25) is 5.91 Å². The number of guanidine groups is 1. The van der Waals surface area contributed by atoms with Crippen LogP contribution in [-0.2, 0) is 4.79 Å². The van der Waals surface area contributed by atoms with Crippen molar-refractivity contribution in [2.45, 2.75) is 39.5 Å². The van der Waals surface area contributed by atoms with Crippen molar-refractivity contribution >= 4 is 11.9 Å². The summed E-state index contributed by atoms with van der Waals surface area (Å²) in [5.74, 6) is 0.908. The van der Waals surface area contributed by atoms with Crippen LogP contribution < -0.4 is 11.1 Å². The minimum Gasteiger partial charge on any atom is -0.369 e. The normalized spacial score (nSPS) is 25.6. The van der Waals surface area contributed by atoms with E-state index in [1.54, 1.807) is 0 Å². The Bertz CT molecular complexity index is 435. The molecule has 2 saturated heterocycles. The summed E-state index contributed by atoms with van der Waals surface area (Å²) in [5, 5.41) is 3.48. The Balaban J connectivity index is 1.67. The molecule has 1 atom stereocenters. The van der Waals surface area contributed by atoms with Gasteiger partial charge in [0.25, 0.3) is 0 Å². The van der Waals surface area contributed by atoms with E-state index in [1.807, 2.05) is 7.05 Å². The number of nitrogens with two attached hydrogens (primary N) is 1. The molecule has 0 aromatic carbocycles. The van der Waals surface area contributed by atoms with Gasteiger partial charge in [0.05, 0.1) is 5.92 Å². The highest BCUT2D eigenvalue weighted by molar-refractivity contribution is 5.80. The van der Waals surface area contributed by atoms with Gasteiger partial charge in [-0.15, -0.1) is 0 Å². The van der Waals surface area contributed by atoms with Crippen molar-refractivity contribution in [2.75, 3.05) is 46.3 Å². The minimum atomic E-state index is -0.148. The number of aliphatic imine (C=N–C) groups is 1. The molecule has 3 N–H and O–H groups in total. The quantitative estimate of drug-likeness (QED) is 0.447. The van der Waals surface area contributed by atoms with Crippen LogP contribution in [0.5, 0.6) is 0 Å². The van der Waals surface area contributed by atoms with Crippen LogP contribution >= 0.6 is 0 Å². The van der Waals surface area contributed by atoms with Crippen molar-refractivity contribution < 1.29 is 4.79 Å². The summed E-state index contributed by atoms with van der Waals surface area (Å²) in [4.78, 5) is 20.4. The van der Waals surface area contributed by atoms with Crippen molar-refractivity contribution in [1.82, 2.24) is 15.1 Å². The number of nitrogens with one attached hydrogen (secondary N) is 1. The molecule has 0 aromatic heterocycles. The fraction of sp³-hybridized carbons (Fsp3) is 0.882. The third kappa shape index (κ3) is 5.37. The van der Waals surface area contributed by atoms with Gasteiger partial charge in [-0.1, -0.05) is 13.8 Å². The summed E-state index contributed by atoms with van der Waals surface area (Å²) in [6.07, 6.45) is 4.30. The fourth-order valence-corrected chi connectivity index (χ4v) is 3.62. The standard InChI is InChI=1S/C17H33N5O/c1-17(2)7-11-22(13-17)16(19-3)20-8-5-10-21-9-4-6-14(12-21)15(18)23/h14H,4-13H2,1-3H3,(H2,18,23)(H,19,20). The first-order chi connectivity index (χ1) is 10.9. The molecule has 2 aliphatic heterocycles. The first-order valence-corrected chi connectivity index (χ1v) is 8.88. The number of carbonyl (C=O) groups is 1. The van der Waals surface area contributed by atoms with E-state index in [-0.39, 0.29) is 11.8 Å². The van der Waals surface area contributed by atoms with Crippen LogP contribution in [0.2, 0.25) is 0 Å². The topological polar surface area (TPSA) is 74.0 Å². The largest absolute Gasteiger partial charge is 0.369 e. The van der Waals surface area contributed by atoms with E-state index in [0.717, 1.165) is 64.5 Å². The third-order valence-corrected chi connectivity index (χ3v) is 5.03. The molecule has 2 rings (SSSR count). The first kappa shape index (κ1) is 18.0. The highest BCUT2D eigenvalue weighted by atomic mass is 16.1. The van der Waals surface area contributed by atoms with Crippen molar-refractivity contribution in [1.29, 1.82) is 0 Å². The van der Waals surface area contributed by atoms with Gasteiger partial charge in [0.1, 0.15) is 0 Å². The Morgan fingerprint density at radius 3 is 2.78 bits per heavy atom. The summed E-state index contributed by atoms with van der Waals surface area (Å²) in [6, 6.07) is 0. The van der Waals surface area contributed by atoms with E-state index in [1.165, 1.54) is 6.42 Å². The van der Waals surface area contributed by atoms with E-state index < -0.39 is 0 Å². The minimum absolute atomic E-state index is 0.0382. The second-order valence-electron chi connectivity index (χ2n) is 7.71. The van der Waals surface area contributed by atoms with Crippen molar-refractivity contribution in [3.63, 3.8) is 0 Å². The number of nitrogens with zero attached hydrogens (tertiary/aromatic N) is 3. The molecule has 0 bridgehead atoms. The van der Waals surface area contributed by atoms with E-state index in [0.29, 0.717) is 5.41 Å². The maximum atomic E-state index is 11.3. The summed E-state index contributed by atoms with van der Waals surface area (Å²) in [5.41, 5.74) is 5.82. The van der Waals surface area contributed by atoms with E-state index in [2.05, 4.69) is 34.0 Å². The lowest BCUT2D eigenvalue weighted by Crippen LogP contribution is -2.43. The first-order valence-electron chi connectivity index (χ1n) is 8.88. The molecule has 0 saturated carbocycles. The Hall–Kier alpha value is -1.30. The van der Waals surface area contributed by atoms with Crippen molar-refractivity contribution in [3.8, 4) is 0 Å². The van der Waals surface area contributed by atoms with Gasteiger partial charge in [-0.25, -0.2) is 0 Å². The van der Waals surface area contributed by atoms with E-state index >= 15 is 0 Å². The Kier molecular flexibility index (Phi) is 6.27. The van der Waals surface area contributed by atoms with Gasteiger partial charge in [0.15, 0.2) is 5.96 Å². The lowest BCUT2D eigenvalue weighted by molar-refractivity contribution is -0.123. The Labute approximate surface area is 140 Å². The number of hydrogen-bond donors (Lipinski definition) is 2. The molecule has 0 spiro atoms. The van der Waals surface area contributed by atoms with Gasteiger partial charge in [0, 0.05) is 33.2 Å². The monoisotopic (exact) mass is 323 g/mol. The summed E-state index contributed by atoms with van der Waals surface area (Å²) < 4.78 is 0. The zero-order valence-corrected chi connectivity index (χ0v) is 15.0. The number of primary amides is 1. The van der Waals surface area contributed by atoms with Crippen LogP contribution in [-0.4, -0.2) is 68.0 Å². The van der Waals surface area contributed by atoms with Crippen LogP contribution in [0.4, 0.5) is 0 Å². The summed E-state index contributed by atoms with van der Waals surface area (Å²) >= 11 is 0. The van der Waals surface area contributed by atoms with Gasteiger partial charge in [-0.3, -0.25) is 9.79 Å². The molecule has 1 unspecified atom stereocenters. The van der Waals surface area contributed by atoms with Crippen LogP contribution in [0.25, 0.3) is 0 Å². The molecule has 23 heavy (non-hydrogen) atoms. The zero-order chi connectivity index (χ0) is 16.9. The average molecular weight is 323 g/mol. The Morgan fingerprint density at radius 1 is 1.39 bits per heavy atom. The van der Waals surface area contributed by atoms with Crippen molar-refractivity contribution in [3.05, 3.63) is 0 Å². The number of likely N-dealkylation sites (tertiary alicyclic amines) is 2. The highest BCUT2D eigenvalue weighted by Crippen LogP contribution is 2.28. The number of hydrogen-bond acceptors (Lipinski definition) is 3. The maximum absolute atomic E-state index is 11.3. The lowest BCUT2D eigenvalue weighted by Gasteiger charge is -2.31. The average Bonchev–Trinajstić information content (AvgIpc) is 2.87. The number of piperidine rings is 1. The molecule has 2 fully saturated rings. The summed E-state index contributed by atoms with van der Waals surface area (Å²) in [6.45, 7) is 10.6. The predicted octanol–water partition coefficient (Wildman–Crippen LogP) is 0.881. The zero-order valence-electron chi connectivity index (χ0n) is 15.0. The number of amides is 1. The van der Waals surface area contributed by atoms with Crippen LogP contribution in [0.15, 0.2) is 4.99 Å². The molecular formula is C17H33N5O. The number of carbonyl (C=O) groups excluding carboxylic acids is 1. The fourth-order valence-electron chi connectivity index (χ4n) is 3.62.